The Labute approximate surface area is 93.2 Å². The molecular formula is C11H13NO4. The number of nitrogens with zero attached hydrogens (tertiary/aromatic N) is 1. The van der Waals surface area contributed by atoms with E-state index in [1.165, 1.54) is 6.07 Å². The van der Waals surface area contributed by atoms with Crippen molar-refractivity contribution in [2.75, 3.05) is 6.61 Å². The molecule has 0 saturated heterocycles. The minimum Gasteiger partial charge on any atom is -0.462 e. The zero-order valence-electron chi connectivity index (χ0n) is 9.44. The Morgan fingerprint density at radius 1 is 1.44 bits per heavy atom. The van der Waals surface area contributed by atoms with E-state index in [1.54, 1.807) is 26.8 Å². The van der Waals surface area contributed by atoms with Crippen molar-refractivity contribution in [2.24, 2.45) is 0 Å². The lowest BCUT2D eigenvalue weighted by Crippen LogP contribution is -2.09. The first-order chi connectivity index (χ1) is 7.49. The van der Waals surface area contributed by atoms with Crippen LogP contribution in [0.25, 0.3) is 0 Å². The van der Waals surface area contributed by atoms with Crippen LogP contribution in [-0.4, -0.2) is 17.5 Å². The van der Waals surface area contributed by atoms with Gasteiger partial charge < -0.3 is 4.74 Å². The van der Waals surface area contributed by atoms with Gasteiger partial charge in [0.1, 0.15) is 5.56 Å². The van der Waals surface area contributed by atoms with E-state index in [4.69, 9.17) is 4.74 Å². The molecule has 0 aliphatic carbocycles. The molecule has 0 aromatic heterocycles. The van der Waals surface area contributed by atoms with E-state index in [-0.39, 0.29) is 17.9 Å². The highest BCUT2D eigenvalue weighted by molar-refractivity contribution is 5.94. The largest absolute Gasteiger partial charge is 0.462 e. The summed E-state index contributed by atoms with van der Waals surface area (Å²) in [7, 11) is 0. The topological polar surface area (TPSA) is 69.4 Å². The molecule has 0 amide bonds. The summed E-state index contributed by atoms with van der Waals surface area (Å²) in [6.07, 6.45) is 0. The summed E-state index contributed by atoms with van der Waals surface area (Å²) >= 11 is 0. The maximum Gasteiger partial charge on any atom is 0.345 e. The summed E-state index contributed by atoms with van der Waals surface area (Å²) in [4.78, 5) is 21.9. The Balaban J connectivity index is 3.34. The molecule has 0 atom stereocenters. The predicted octanol–water partition coefficient (Wildman–Crippen LogP) is 2.39. The highest BCUT2D eigenvalue weighted by atomic mass is 16.6. The number of aryl methyl sites for hydroxylation is 1. The number of carbonyl (C=O) groups is 1. The monoisotopic (exact) mass is 223 g/mol. The molecule has 0 bridgehead atoms. The van der Waals surface area contributed by atoms with Crippen LogP contribution in [0.4, 0.5) is 5.69 Å². The van der Waals surface area contributed by atoms with Crippen molar-refractivity contribution in [1.29, 1.82) is 0 Å². The van der Waals surface area contributed by atoms with Crippen molar-refractivity contribution < 1.29 is 14.5 Å². The van der Waals surface area contributed by atoms with Gasteiger partial charge in [0.05, 0.1) is 11.5 Å². The standard InChI is InChI=1S/C11H13NO4/c1-4-16-11(13)9-6-5-7(2)8(3)10(9)12(14)15/h5-6H,4H2,1-3H3. The van der Waals surface area contributed by atoms with Gasteiger partial charge in [0, 0.05) is 5.56 Å². The molecule has 5 nitrogen and oxygen atoms in total. The van der Waals surface area contributed by atoms with Gasteiger partial charge in [-0.2, -0.15) is 0 Å². The third-order valence-corrected chi connectivity index (χ3v) is 2.38. The van der Waals surface area contributed by atoms with Crippen molar-refractivity contribution in [3.63, 3.8) is 0 Å². The summed E-state index contributed by atoms with van der Waals surface area (Å²) < 4.78 is 4.77. The average Bonchev–Trinajstić information content (AvgIpc) is 2.21. The van der Waals surface area contributed by atoms with Gasteiger partial charge in [0.25, 0.3) is 5.69 Å². The van der Waals surface area contributed by atoms with Crippen molar-refractivity contribution in [3.05, 3.63) is 38.9 Å². The van der Waals surface area contributed by atoms with Crippen LogP contribution in [0.3, 0.4) is 0 Å². The summed E-state index contributed by atoms with van der Waals surface area (Å²) in [5.41, 5.74) is 1.11. The minimum atomic E-state index is -0.655. The molecule has 0 heterocycles. The van der Waals surface area contributed by atoms with Crippen molar-refractivity contribution in [3.8, 4) is 0 Å². The van der Waals surface area contributed by atoms with Gasteiger partial charge in [-0.15, -0.1) is 0 Å². The van der Waals surface area contributed by atoms with Gasteiger partial charge in [0.2, 0.25) is 0 Å². The van der Waals surface area contributed by atoms with Crippen LogP contribution in [0.1, 0.15) is 28.4 Å². The summed E-state index contributed by atoms with van der Waals surface area (Å²) in [5.74, 6) is -0.655. The van der Waals surface area contributed by atoms with E-state index in [2.05, 4.69) is 0 Å². The molecule has 1 rings (SSSR count). The predicted molar refractivity (Wildman–Crippen MR) is 58.5 cm³/mol. The lowest BCUT2D eigenvalue weighted by molar-refractivity contribution is -0.385. The van der Waals surface area contributed by atoms with E-state index in [9.17, 15) is 14.9 Å². The summed E-state index contributed by atoms with van der Waals surface area (Å²) in [6, 6.07) is 3.10. The number of carbonyl (C=O) groups excluding carboxylic acids is 1. The van der Waals surface area contributed by atoms with Gasteiger partial charge in [-0.05, 0) is 32.4 Å². The molecule has 0 saturated carbocycles. The van der Waals surface area contributed by atoms with Crippen LogP contribution < -0.4 is 0 Å². The Kier molecular flexibility index (Phi) is 3.60. The van der Waals surface area contributed by atoms with Gasteiger partial charge in [-0.3, -0.25) is 10.1 Å². The maximum absolute atomic E-state index is 11.5. The van der Waals surface area contributed by atoms with Gasteiger partial charge in [-0.25, -0.2) is 4.79 Å². The normalized spacial score (nSPS) is 9.94. The number of esters is 1. The molecule has 0 aliphatic heterocycles. The zero-order chi connectivity index (χ0) is 12.3. The number of rotatable bonds is 3. The Morgan fingerprint density at radius 2 is 2.06 bits per heavy atom. The van der Waals surface area contributed by atoms with Crippen LogP contribution in [0, 0.1) is 24.0 Å². The first-order valence-corrected chi connectivity index (χ1v) is 4.90. The molecule has 86 valence electrons. The van der Waals surface area contributed by atoms with Crippen molar-refractivity contribution in [1.82, 2.24) is 0 Å². The molecule has 0 N–H and O–H groups in total. The second-order valence-electron chi connectivity index (χ2n) is 3.38. The van der Waals surface area contributed by atoms with Crippen LogP contribution in [0.5, 0.6) is 0 Å². The van der Waals surface area contributed by atoms with Gasteiger partial charge in [0.15, 0.2) is 0 Å². The van der Waals surface area contributed by atoms with Gasteiger partial charge >= 0.3 is 5.97 Å². The van der Waals surface area contributed by atoms with E-state index in [0.29, 0.717) is 5.56 Å². The molecular weight excluding hydrogens is 210 g/mol. The second-order valence-corrected chi connectivity index (χ2v) is 3.38. The molecule has 16 heavy (non-hydrogen) atoms. The highest BCUT2D eigenvalue weighted by Gasteiger charge is 2.24. The Bertz CT molecular complexity index is 440. The fourth-order valence-electron chi connectivity index (χ4n) is 1.41. The molecule has 0 unspecified atom stereocenters. The fourth-order valence-corrected chi connectivity index (χ4v) is 1.41. The Hall–Kier alpha value is -1.91. The van der Waals surface area contributed by atoms with Crippen LogP contribution in [-0.2, 0) is 4.74 Å². The van der Waals surface area contributed by atoms with Crippen LogP contribution in [0.15, 0.2) is 12.1 Å². The van der Waals surface area contributed by atoms with E-state index in [1.807, 2.05) is 0 Å². The SMILES string of the molecule is CCOC(=O)c1ccc(C)c(C)c1[N+](=O)[O-]. The summed E-state index contributed by atoms with van der Waals surface area (Å²) in [5, 5.41) is 10.9. The lowest BCUT2D eigenvalue weighted by Gasteiger charge is -2.06. The third kappa shape index (κ3) is 2.18. The van der Waals surface area contributed by atoms with Gasteiger partial charge in [-0.1, -0.05) is 6.07 Å². The third-order valence-electron chi connectivity index (χ3n) is 2.38. The number of nitro groups is 1. The van der Waals surface area contributed by atoms with Crippen molar-refractivity contribution in [2.45, 2.75) is 20.8 Å². The minimum absolute atomic E-state index is 0.00921. The molecule has 1 aromatic carbocycles. The van der Waals surface area contributed by atoms with E-state index >= 15 is 0 Å². The lowest BCUT2D eigenvalue weighted by atomic mass is 10.0. The first kappa shape index (κ1) is 12.2. The molecule has 0 aliphatic rings. The number of hydrogen-bond acceptors (Lipinski definition) is 4. The highest BCUT2D eigenvalue weighted by Crippen LogP contribution is 2.26. The van der Waals surface area contributed by atoms with E-state index < -0.39 is 10.9 Å². The smallest absolute Gasteiger partial charge is 0.345 e. The number of benzene rings is 1. The fraction of sp³-hybridized carbons (Fsp3) is 0.364. The summed E-state index contributed by atoms with van der Waals surface area (Å²) in [6.45, 7) is 5.24. The Morgan fingerprint density at radius 3 is 2.56 bits per heavy atom. The molecule has 0 spiro atoms. The number of ether oxygens (including phenoxy) is 1. The van der Waals surface area contributed by atoms with Crippen molar-refractivity contribution >= 4 is 11.7 Å². The van der Waals surface area contributed by atoms with E-state index in [0.717, 1.165) is 5.56 Å². The average molecular weight is 223 g/mol. The maximum atomic E-state index is 11.5. The first-order valence-electron chi connectivity index (χ1n) is 4.90. The molecule has 0 fully saturated rings. The van der Waals surface area contributed by atoms with Crippen LogP contribution >= 0.6 is 0 Å². The second kappa shape index (κ2) is 4.74. The molecule has 5 heteroatoms. The van der Waals surface area contributed by atoms with Crippen LogP contribution in [0.2, 0.25) is 0 Å². The molecule has 0 radical (unpaired) electrons. The number of hydrogen-bond donors (Lipinski definition) is 0. The zero-order valence-corrected chi connectivity index (χ0v) is 9.44. The quantitative estimate of drug-likeness (QED) is 0.448. The molecule has 1 aromatic rings. The number of nitro benzene ring substituents is 1.